The van der Waals surface area contributed by atoms with E-state index in [-0.39, 0.29) is 5.91 Å². The Morgan fingerprint density at radius 3 is 2.64 bits per heavy atom. The molecular weight excluding hydrogens is 274 g/mol. The quantitative estimate of drug-likeness (QED) is 0.938. The molecular formula is C19H17NO2. The number of fused-ring (bicyclic) bond motifs is 1. The molecule has 2 aromatic carbocycles. The van der Waals surface area contributed by atoms with Crippen molar-refractivity contribution in [1.29, 1.82) is 0 Å². The second kappa shape index (κ2) is 6.76. The van der Waals surface area contributed by atoms with E-state index < -0.39 is 0 Å². The fourth-order valence-electron chi connectivity index (χ4n) is 2.31. The van der Waals surface area contributed by atoms with Crippen LogP contribution < -0.4 is 10.1 Å². The topological polar surface area (TPSA) is 38.3 Å². The van der Waals surface area contributed by atoms with Gasteiger partial charge in [-0.2, -0.15) is 0 Å². The van der Waals surface area contributed by atoms with Crippen LogP contribution >= 0.6 is 0 Å². The van der Waals surface area contributed by atoms with Gasteiger partial charge in [-0.3, -0.25) is 4.79 Å². The summed E-state index contributed by atoms with van der Waals surface area (Å²) in [5.41, 5.74) is 2.71. The molecule has 1 amide bonds. The average Bonchev–Trinajstić information content (AvgIpc) is 2.78. The van der Waals surface area contributed by atoms with Crippen molar-refractivity contribution in [1.82, 2.24) is 5.32 Å². The first-order valence-electron chi connectivity index (χ1n) is 7.29. The third-order valence-corrected chi connectivity index (χ3v) is 3.48. The number of para-hydroxylation sites is 1. The number of nitrogens with one attached hydrogen (secondary N) is 1. The van der Waals surface area contributed by atoms with Crippen molar-refractivity contribution in [3.8, 4) is 5.75 Å². The molecule has 1 N–H and O–H groups in total. The average molecular weight is 291 g/mol. The van der Waals surface area contributed by atoms with E-state index in [1.165, 1.54) is 5.56 Å². The lowest BCUT2D eigenvalue weighted by molar-refractivity contribution is -0.117. The van der Waals surface area contributed by atoms with Crippen LogP contribution in [0.1, 0.15) is 11.1 Å². The lowest BCUT2D eigenvalue weighted by Gasteiger charge is -2.06. The molecule has 0 saturated carbocycles. The first-order valence-corrected chi connectivity index (χ1v) is 7.29. The van der Waals surface area contributed by atoms with Crippen molar-refractivity contribution in [2.75, 3.05) is 6.54 Å². The predicted molar refractivity (Wildman–Crippen MR) is 87.3 cm³/mol. The fourth-order valence-corrected chi connectivity index (χ4v) is 2.31. The van der Waals surface area contributed by atoms with E-state index in [1.807, 2.05) is 48.5 Å². The largest absolute Gasteiger partial charge is 0.464 e. The summed E-state index contributed by atoms with van der Waals surface area (Å²) < 4.78 is 5.49. The number of hydrogen-bond acceptors (Lipinski definition) is 2. The molecule has 0 fully saturated rings. The Kier molecular flexibility index (Phi) is 4.35. The zero-order chi connectivity index (χ0) is 15.2. The molecule has 0 bridgehead atoms. The summed E-state index contributed by atoms with van der Waals surface area (Å²) in [6, 6.07) is 17.7. The Hall–Kier alpha value is -2.81. The summed E-state index contributed by atoms with van der Waals surface area (Å²) in [7, 11) is 0. The SMILES string of the molecule is O=C(NCCc1ccccc1)C1=Cc2ccccc2OC=C1. The van der Waals surface area contributed by atoms with Crippen LogP contribution in [0.25, 0.3) is 6.08 Å². The molecule has 0 aromatic heterocycles. The number of rotatable bonds is 4. The molecule has 0 saturated heterocycles. The zero-order valence-corrected chi connectivity index (χ0v) is 12.2. The van der Waals surface area contributed by atoms with Crippen molar-refractivity contribution in [2.24, 2.45) is 0 Å². The van der Waals surface area contributed by atoms with Gasteiger partial charge in [-0.25, -0.2) is 0 Å². The Balaban J connectivity index is 1.64. The van der Waals surface area contributed by atoms with Crippen LogP contribution in [-0.4, -0.2) is 12.5 Å². The Bertz CT molecular complexity index is 717. The summed E-state index contributed by atoms with van der Waals surface area (Å²) in [6.45, 7) is 0.608. The molecule has 110 valence electrons. The van der Waals surface area contributed by atoms with Crippen LogP contribution in [0.2, 0.25) is 0 Å². The highest BCUT2D eigenvalue weighted by atomic mass is 16.5. The van der Waals surface area contributed by atoms with E-state index in [0.29, 0.717) is 12.1 Å². The maximum absolute atomic E-state index is 12.3. The van der Waals surface area contributed by atoms with Gasteiger partial charge in [-0.05, 0) is 30.2 Å². The van der Waals surface area contributed by atoms with Gasteiger partial charge < -0.3 is 10.1 Å². The summed E-state index contributed by atoms with van der Waals surface area (Å²) in [4.78, 5) is 12.3. The fraction of sp³-hybridized carbons (Fsp3) is 0.105. The Morgan fingerprint density at radius 2 is 1.77 bits per heavy atom. The van der Waals surface area contributed by atoms with Crippen LogP contribution in [0.15, 0.2) is 72.5 Å². The lowest BCUT2D eigenvalue weighted by atomic mass is 10.1. The molecule has 0 aliphatic carbocycles. The van der Waals surface area contributed by atoms with Crippen LogP contribution in [0.5, 0.6) is 5.75 Å². The molecule has 2 aromatic rings. The highest BCUT2D eigenvalue weighted by Crippen LogP contribution is 2.24. The summed E-state index contributed by atoms with van der Waals surface area (Å²) >= 11 is 0. The van der Waals surface area contributed by atoms with Crippen molar-refractivity contribution in [3.05, 3.63) is 83.6 Å². The molecule has 1 aliphatic rings. The molecule has 0 radical (unpaired) electrons. The van der Waals surface area contributed by atoms with Gasteiger partial charge in [0.2, 0.25) is 0 Å². The van der Waals surface area contributed by atoms with Gasteiger partial charge in [0.1, 0.15) is 5.75 Å². The highest BCUT2D eigenvalue weighted by Gasteiger charge is 2.11. The number of ether oxygens (including phenoxy) is 1. The molecule has 3 nitrogen and oxygen atoms in total. The van der Waals surface area contributed by atoms with Crippen molar-refractivity contribution in [3.63, 3.8) is 0 Å². The molecule has 0 spiro atoms. The highest BCUT2D eigenvalue weighted by molar-refractivity contribution is 6.01. The molecule has 1 aliphatic heterocycles. The first-order chi connectivity index (χ1) is 10.8. The van der Waals surface area contributed by atoms with Crippen molar-refractivity contribution >= 4 is 12.0 Å². The first kappa shape index (κ1) is 14.1. The minimum Gasteiger partial charge on any atom is -0.464 e. The molecule has 3 rings (SSSR count). The van der Waals surface area contributed by atoms with Gasteiger partial charge in [0, 0.05) is 17.7 Å². The van der Waals surface area contributed by atoms with Crippen LogP contribution in [0.3, 0.4) is 0 Å². The van der Waals surface area contributed by atoms with Gasteiger partial charge in [-0.15, -0.1) is 0 Å². The number of amides is 1. The monoisotopic (exact) mass is 291 g/mol. The smallest absolute Gasteiger partial charge is 0.251 e. The summed E-state index contributed by atoms with van der Waals surface area (Å²) in [5, 5.41) is 2.95. The van der Waals surface area contributed by atoms with Crippen molar-refractivity contribution < 1.29 is 9.53 Å². The Labute approximate surface area is 129 Å². The molecule has 22 heavy (non-hydrogen) atoms. The van der Waals surface area contributed by atoms with Crippen molar-refractivity contribution in [2.45, 2.75) is 6.42 Å². The Morgan fingerprint density at radius 1 is 1.00 bits per heavy atom. The molecule has 3 heteroatoms. The normalized spacial score (nSPS) is 12.6. The zero-order valence-electron chi connectivity index (χ0n) is 12.2. The number of carbonyl (C=O) groups excluding carboxylic acids is 1. The van der Waals surface area contributed by atoms with Crippen LogP contribution in [-0.2, 0) is 11.2 Å². The van der Waals surface area contributed by atoms with E-state index in [9.17, 15) is 4.79 Å². The van der Waals surface area contributed by atoms with Gasteiger partial charge in [0.15, 0.2) is 0 Å². The van der Waals surface area contributed by atoms with Crippen LogP contribution in [0, 0.1) is 0 Å². The van der Waals surface area contributed by atoms with E-state index >= 15 is 0 Å². The summed E-state index contributed by atoms with van der Waals surface area (Å²) in [5.74, 6) is 0.665. The van der Waals surface area contributed by atoms with E-state index in [0.717, 1.165) is 17.7 Å². The minimum atomic E-state index is -0.0903. The summed E-state index contributed by atoms with van der Waals surface area (Å²) in [6.07, 6.45) is 5.90. The van der Waals surface area contributed by atoms with Gasteiger partial charge in [0.25, 0.3) is 5.91 Å². The van der Waals surface area contributed by atoms with Gasteiger partial charge in [-0.1, -0.05) is 48.5 Å². The minimum absolute atomic E-state index is 0.0903. The predicted octanol–water partition coefficient (Wildman–Crippen LogP) is 3.34. The third-order valence-electron chi connectivity index (χ3n) is 3.48. The second-order valence-electron chi connectivity index (χ2n) is 5.05. The standard InChI is InChI=1S/C19H17NO2/c21-19(20-12-10-15-6-2-1-3-7-15)17-11-13-22-18-9-5-4-8-16(18)14-17/h1-9,11,13-14H,10,12H2,(H,20,21). The van der Waals surface area contributed by atoms with Gasteiger partial charge >= 0.3 is 0 Å². The van der Waals surface area contributed by atoms with E-state index in [4.69, 9.17) is 4.74 Å². The third kappa shape index (κ3) is 3.44. The number of benzene rings is 2. The lowest BCUT2D eigenvalue weighted by Crippen LogP contribution is -2.26. The molecule has 0 unspecified atom stereocenters. The molecule has 0 atom stereocenters. The maximum Gasteiger partial charge on any atom is 0.251 e. The van der Waals surface area contributed by atoms with E-state index in [2.05, 4.69) is 17.4 Å². The maximum atomic E-state index is 12.3. The van der Waals surface area contributed by atoms with Gasteiger partial charge in [0.05, 0.1) is 6.26 Å². The number of carbonyl (C=O) groups is 1. The van der Waals surface area contributed by atoms with E-state index in [1.54, 1.807) is 12.3 Å². The van der Waals surface area contributed by atoms with Crippen LogP contribution in [0.4, 0.5) is 0 Å². The second-order valence-corrected chi connectivity index (χ2v) is 5.05. The molecule has 1 heterocycles. The number of hydrogen-bond donors (Lipinski definition) is 1.